The number of hydrogen-bond acceptors (Lipinski definition) is 2. The summed E-state index contributed by atoms with van der Waals surface area (Å²) in [5.41, 5.74) is -0.324. The molecular weight excluding hydrogens is 221 g/mol. The topological polar surface area (TPSA) is 38.1 Å². The molecule has 0 radical (unpaired) electrons. The second-order valence-electron chi connectivity index (χ2n) is 5.24. The SMILES string of the molecule is CN1C(=O)CCCn2nc(C3CC3(C)F)cc21. The third kappa shape index (κ3) is 1.64. The minimum absolute atomic E-state index is 0.0922. The van der Waals surface area contributed by atoms with Crippen molar-refractivity contribution in [3.63, 3.8) is 0 Å². The van der Waals surface area contributed by atoms with Gasteiger partial charge >= 0.3 is 0 Å². The number of alkyl halides is 1. The molecule has 0 bridgehead atoms. The van der Waals surface area contributed by atoms with Gasteiger partial charge in [-0.3, -0.25) is 4.79 Å². The molecule has 17 heavy (non-hydrogen) atoms. The molecule has 0 N–H and O–H groups in total. The number of amides is 1. The maximum Gasteiger partial charge on any atom is 0.227 e. The van der Waals surface area contributed by atoms with Crippen LogP contribution in [0.5, 0.6) is 0 Å². The van der Waals surface area contributed by atoms with Crippen molar-refractivity contribution in [2.45, 2.75) is 44.3 Å². The van der Waals surface area contributed by atoms with Gasteiger partial charge in [-0.2, -0.15) is 5.10 Å². The zero-order chi connectivity index (χ0) is 12.2. The molecule has 92 valence electrons. The molecule has 1 fully saturated rings. The Morgan fingerprint density at radius 1 is 1.59 bits per heavy atom. The van der Waals surface area contributed by atoms with Crippen molar-refractivity contribution in [2.24, 2.45) is 0 Å². The highest BCUT2D eigenvalue weighted by molar-refractivity contribution is 5.92. The number of fused-ring (bicyclic) bond motifs is 1. The quantitative estimate of drug-likeness (QED) is 0.747. The van der Waals surface area contributed by atoms with Crippen molar-refractivity contribution in [3.8, 4) is 0 Å². The Balaban J connectivity index is 1.95. The summed E-state index contributed by atoms with van der Waals surface area (Å²) in [5, 5.41) is 4.44. The first kappa shape index (κ1) is 10.7. The smallest absolute Gasteiger partial charge is 0.227 e. The van der Waals surface area contributed by atoms with Crippen LogP contribution < -0.4 is 4.90 Å². The van der Waals surface area contributed by atoms with E-state index < -0.39 is 5.67 Å². The van der Waals surface area contributed by atoms with Crippen molar-refractivity contribution < 1.29 is 9.18 Å². The standard InChI is InChI=1S/C12H16FN3O/c1-12(13)7-8(12)9-6-10-15(2)11(17)4-3-5-16(10)14-9/h6,8H,3-5,7H2,1-2H3. The lowest BCUT2D eigenvalue weighted by molar-refractivity contribution is -0.118. The molecular formula is C12H16FN3O. The van der Waals surface area contributed by atoms with Crippen molar-refractivity contribution in [1.82, 2.24) is 9.78 Å². The van der Waals surface area contributed by atoms with E-state index in [1.165, 1.54) is 0 Å². The van der Waals surface area contributed by atoms with Gasteiger partial charge in [-0.15, -0.1) is 0 Å². The zero-order valence-corrected chi connectivity index (χ0v) is 10.1. The van der Waals surface area contributed by atoms with Gasteiger partial charge in [0.2, 0.25) is 5.91 Å². The first-order chi connectivity index (χ1) is 7.99. The van der Waals surface area contributed by atoms with E-state index in [0.717, 1.165) is 24.5 Å². The van der Waals surface area contributed by atoms with E-state index in [4.69, 9.17) is 0 Å². The highest BCUT2D eigenvalue weighted by atomic mass is 19.1. The lowest BCUT2D eigenvalue weighted by Gasteiger charge is -2.13. The largest absolute Gasteiger partial charge is 0.300 e. The molecule has 3 rings (SSSR count). The van der Waals surface area contributed by atoms with Crippen LogP contribution in [0.4, 0.5) is 10.2 Å². The molecule has 1 aliphatic carbocycles. The van der Waals surface area contributed by atoms with Crippen LogP contribution in [0.25, 0.3) is 0 Å². The minimum Gasteiger partial charge on any atom is -0.300 e. The normalized spacial score (nSPS) is 32.3. The number of nitrogens with zero attached hydrogens (tertiary/aromatic N) is 3. The van der Waals surface area contributed by atoms with Crippen LogP contribution >= 0.6 is 0 Å². The van der Waals surface area contributed by atoms with Crippen molar-refractivity contribution in [2.75, 3.05) is 11.9 Å². The summed E-state index contributed by atoms with van der Waals surface area (Å²) in [6.45, 7) is 2.35. The molecule has 0 saturated heterocycles. The van der Waals surface area contributed by atoms with E-state index in [1.54, 1.807) is 18.9 Å². The summed E-state index contributed by atoms with van der Waals surface area (Å²) in [6.07, 6.45) is 1.90. The third-order valence-corrected chi connectivity index (χ3v) is 3.78. The van der Waals surface area contributed by atoms with Crippen LogP contribution in [0.15, 0.2) is 6.07 Å². The maximum absolute atomic E-state index is 13.6. The van der Waals surface area contributed by atoms with Gasteiger partial charge in [-0.05, 0) is 19.8 Å². The number of aromatic nitrogens is 2. The molecule has 2 unspecified atom stereocenters. The molecule has 1 aromatic rings. The molecule has 1 aliphatic heterocycles. The van der Waals surface area contributed by atoms with Crippen molar-refractivity contribution >= 4 is 11.7 Å². The van der Waals surface area contributed by atoms with Gasteiger partial charge in [-0.25, -0.2) is 9.07 Å². The number of hydrogen-bond donors (Lipinski definition) is 0. The van der Waals surface area contributed by atoms with Crippen LogP contribution in [0.1, 0.15) is 37.8 Å². The first-order valence-electron chi connectivity index (χ1n) is 6.02. The van der Waals surface area contributed by atoms with E-state index in [0.29, 0.717) is 12.8 Å². The van der Waals surface area contributed by atoms with E-state index in [9.17, 15) is 9.18 Å². The second-order valence-corrected chi connectivity index (χ2v) is 5.24. The molecule has 4 nitrogen and oxygen atoms in total. The molecule has 1 aromatic heterocycles. The number of carbonyl (C=O) groups excluding carboxylic acids is 1. The Morgan fingerprint density at radius 2 is 2.29 bits per heavy atom. The van der Waals surface area contributed by atoms with Crippen LogP contribution in [0, 0.1) is 0 Å². The van der Waals surface area contributed by atoms with Gasteiger partial charge in [0.15, 0.2) is 0 Å². The number of halogens is 1. The van der Waals surface area contributed by atoms with Gasteiger partial charge in [-0.1, -0.05) is 0 Å². The van der Waals surface area contributed by atoms with E-state index >= 15 is 0 Å². The average Bonchev–Trinajstić information content (AvgIpc) is 2.75. The summed E-state index contributed by atoms with van der Waals surface area (Å²) in [4.78, 5) is 13.3. The predicted octanol–water partition coefficient (Wildman–Crippen LogP) is 1.86. The first-order valence-corrected chi connectivity index (χ1v) is 6.02. The lowest BCUT2D eigenvalue weighted by atomic mass is 10.2. The van der Waals surface area contributed by atoms with Gasteiger partial charge in [0.1, 0.15) is 11.5 Å². The fourth-order valence-electron chi connectivity index (χ4n) is 2.46. The van der Waals surface area contributed by atoms with Crippen LogP contribution in [-0.2, 0) is 11.3 Å². The van der Waals surface area contributed by atoms with Gasteiger partial charge in [0.25, 0.3) is 0 Å². The Bertz CT molecular complexity index is 480. The molecule has 2 aliphatic rings. The monoisotopic (exact) mass is 237 g/mol. The summed E-state index contributed by atoms with van der Waals surface area (Å²) in [5.74, 6) is 0.810. The predicted molar refractivity (Wildman–Crippen MR) is 61.7 cm³/mol. The Morgan fingerprint density at radius 3 is 2.94 bits per heavy atom. The highest BCUT2D eigenvalue weighted by Gasteiger charge is 2.53. The van der Waals surface area contributed by atoms with E-state index in [1.807, 2.05) is 10.7 Å². The van der Waals surface area contributed by atoms with Crippen molar-refractivity contribution in [3.05, 3.63) is 11.8 Å². The van der Waals surface area contributed by atoms with Crippen LogP contribution in [-0.4, -0.2) is 28.4 Å². The van der Waals surface area contributed by atoms with Gasteiger partial charge in [0, 0.05) is 32.0 Å². The summed E-state index contributed by atoms with van der Waals surface area (Å²) >= 11 is 0. The number of rotatable bonds is 1. The number of anilines is 1. The Labute approximate surface area is 99.4 Å². The Kier molecular flexibility index (Phi) is 2.09. The number of aryl methyl sites for hydroxylation is 1. The van der Waals surface area contributed by atoms with E-state index in [-0.39, 0.29) is 11.8 Å². The molecule has 1 amide bonds. The molecule has 2 atom stereocenters. The van der Waals surface area contributed by atoms with E-state index in [2.05, 4.69) is 5.10 Å². The fourth-order valence-corrected chi connectivity index (χ4v) is 2.46. The average molecular weight is 237 g/mol. The van der Waals surface area contributed by atoms with Gasteiger partial charge in [0.05, 0.1) is 5.69 Å². The minimum atomic E-state index is -1.11. The lowest BCUT2D eigenvalue weighted by Crippen LogP contribution is -2.25. The Hall–Kier alpha value is -1.39. The summed E-state index contributed by atoms with van der Waals surface area (Å²) < 4.78 is 15.5. The van der Waals surface area contributed by atoms with Crippen molar-refractivity contribution in [1.29, 1.82) is 0 Å². The van der Waals surface area contributed by atoms with Gasteiger partial charge < -0.3 is 4.90 Å². The number of carbonyl (C=O) groups is 1. The maximum atomic E-state index is 13.6. The zero-order valence-electron chi connectivity index (χ0n) is 10.1. The molecule has 1 saturated carbocycles. The van der Waals surface area contributed by atoms with Crippen LogP contribution in [0.3, 0.4) is 0 Å². The molecule has 0 spiro atoms. The summed E-state index contributed by atoms with van der Waals surface area (Å²) in [6, 6.07) is 1.86. The molecule has 0 aromatic carbocycles. The van der Waals surface area contributed by atoms with Crippen LogP contribution in [0.2, 0.25) is 0 Å². The second kappa shape index (κ2) is 3.31. The molecule has 5 heteroatoms. The molecule has 2 heterocycles. The third-order valence-electron chi connectivity index (χ3n) is 3.78. The summed E-state index contributed by atoms with van der Waals surface area (Å²) in [7, 11) is 1.76. The fraction of sp³-hybridized carbons (Fsp3) is 0.667. The highest BCUT2D eigenvalue weighted by Crippen LogP contribution is 2.54.